The van der Waals surface area contributed by atoms with Crippen LogP contribution in [0.5, 0.6) is 0 Å². The number of rotatable bonds is 6. The van der Waals surface area contributed by atoms with Crippen LogP contribution in [0.15, 0.2) is 91.1 Å². The zero-order valence-electron chi connectivity index (χ0n) is 39.5. The fraction of sp³-hybridized carbons (Fsp3) is 0.426. The number of nitrogens with zero attached hydrogens (tertiary/aromatic N) is 6. The van der Waals surface area contributed by atoms with E-state index in [-0.39, 0.29) is 47.2 Å². The van der Waals surface area contributed by atoms with E-state index in [0.717, 1.165) is 44.1 Å². The van der Waals surface area contributed by atoms with Crippen LogP contribution in [0.3, 0.4) is 0 Å². The number of imidazole rings is 2. The summed E-state index contributed by atoms with van der Waals surface area (Å²) in [4.78, 5) is 55.0. The van der Waals surface area contributed by atoms with Gasteiger partial charge >= 0.3 is 18.3 Å². The number of carbonyl (C=O) groups is 3. The van der Waals surface area contributed by atoms with Crippen molar-refractivity contribution in [1.82, 2.24) is 28.9 Å². The van der Waals surface area contributed by atoms with E-state index in [1.807, 2.05) is 102 Å². The third-order valence-electron chi connectivity index (χ3n) is 14.6. The zero-order chi connectivity index (χ0) is 47.7. The van der Waals surface area contributed by atoms with Gasteiger partial charge in [-0.25, -0.2) is 28.9 Å². The van der Waals surface area contributed by atoms with E-state index in [4.69, 9.17) is 24.2 Å². The molecule has 3 unspecified atom stereocenters. The van der Waals surface area contributed by atoms with Crippen LogP contribution in [-0.2, 0) is 33.8 Å². The second kappa shape index (κ2) is 15.5. The Bertz CT molecular complexity index is 3030. The molecule has 4 aromatic carbocycles. The topological polar surface area (TPSA) is 121 Å². The third-order valence-corrected chi connectivity index (χ3v) is 14.6. The molecule has 5 aliphatic rings. The summed E-state index contributed by atoms with van der Waals surface area (Å²) >= 11 is 0. The van der Waals surface area contributed by atoms with E-state index in [2.05, 4.69) is 0 Å². The number of piperidine rings is 1. The number of alkyl halides is 2. The van der Waals surface area contributed by atoms with E-state index in [1.165, 1.54) is 10.6 Å². The Kier molecular flexibility index (Phi) is 10.0. The van der Waals surface area contributed by atoms with E-state index in [9.17, 15) is 14.4 Å². The second-order valence-corrected chi connectivity index (χ2v) is 21.6. The van der Waals surface area contributed by atoms with Gasteiger partial charge in [-0.3, -0.25) is 9.80 Å². The Labute approximate surface area is 394 Å². The van der Waals surface area contributed by atoms with Gasteiger partial charge in [0.15, 0.2) is 0 Å². The monoisotopic (exact) mass is 922 g/mol. The molecule has 2 amide bonds. The van der Waals surface area contributed by atoms with Crippen molar-refractivity contribution < 1.29 is 37.4 Å². The number of halogens is 2. The predicted molar refractivity (Wildman–Crippen MR) is 252 cm³/mol. The van der Waals surface area contributed by atoms with Gasteiger partial charge in [0.05, 0.1) is 35.0 Å². The lowest BCUT2D eigenvalue weighted by atomic mass is 9.98. The minimum absolute atomic E-state index is 0.0166. The number of aromatic nitrogens is 4. The lowest BCUT2D eigenvalue weighted by molar-refractivity contribution is 0.00560. The summed E-state index contributed by atoms with van der Waals surface area (Å²) in [5.41, 5.74) is 3.53. The Morgan fingerprint density at radius 3 is 2.10 bits per heavy atom. The summed E-state index contributed by atoms with van der Waals surface area (Å²) in [6.07, 6.45) is 5.56. The highest BCUT2D eigenvalue weighted by atomic mass is 19.3. The number of benzene rings is 4. The molecule has 0 radical (unpaired) electrons. The van der Waals surface area contributed by atoms with Crippen LogP contribution in [0.1, 0.15) is 120 Å². The van der Waals surface area contributed by atoms with Crippen molar-refractivity contribution in [2.75, 3.05) is 6.54 Å². The van der Waals surface area contributed by atoms with Crippen LogP contribution in [0.4, 0.5) is 23.2 Å². The van der Waals surface area contributed by atoms with Crippen LogP contribution in [-0.4, -0.2) is 71.0 Å². The smallest absolute Gasteiger partial charge is 0.420 e. The van der Waals surface area contributed by atoms with Gasteiger partial charge in [-0.15, -0.1) is 0 Å². The van der Waals surface area contributed by atoms with Crippen LogP contribution >= 0.6 is 0 Å². The Morgan fingerprint density at radius 1 is 0.765 bits per heavy atom. The first-order chi connectivity index (χ1) is 32.3. The summed E-state index contributed by atoms with van der Waals surface area (Å²) in [7, 11) is 1.87. The molecule has 2 aromatic heterocycles. The summed E-state index contributed by atoms with van der Waals surface area (Å²) < 4.78 is 54.9. The summed E-state index contributed by atoms with van der Waals surface area (Å²) in [5, 5.41) is 0. The van der Waals surface area contributed by atoms with E-state index in [0.29, 0.717) is 62.7 Å². The molecule has 12 nitrogen and oxygen atoms in total. The van der Waals surface area contributed by atoms with Gasteiger partial charge in [-0.2, -0.15) is 8.78 Å². The molecule has 4 fully saturated rings. The molecular formula is C54H56F2N6O6. The minimum Gasteiger partial charge on any atom is -0.444 e. The summed E-state index contributed by atoms with van der Waals surface area (Å²) in [6.45, 7) is 11.7. The Balaban J connectivity index is 0.921. The van der Waals surface area contributed by atoms with Crippen molar-refractivity contribution >= 4 is 29.3 Å². The maximum Gasteiger partial charge on any atom is 0.420 e. The van der Waals surface area contributed by atoms with Crippen molar-refractivity contribution in [3.63, 3.8) is 0 Å². The van der Waals surface area contributed by atoms with Gasteiger partial charge < -0.3 is 18.8 Å². The van der Waals surface area contributed by atoms with Crippen molar-refractivity contribution in [3.05, 3.63) is 119 Å². The van der Waals surface area contributed by atoms with Crippen molar-refractivity contribution in [2.24, 2.45) is 18.4 Å². The molecule has 2 bridgehead atoms. The second-order valence-electron chi connectivity index (χ2n) is 21.6. The number of hydrogen-bond acceptors (Lipinski definition) is 8. The fourth-order valence-corrected chi connectivity index (χ4v) is 11.2. The first kappa shape index (κ1) is 44.0. The number of amides is 2. The summed E-state index contributed by atoms with van der Waals surface area (Å²) in [5.74, 6) is -2.19. The van der Waals surface area contributed by atoms with Crippen molar-refractivity contribution in [2.45, 2.75) is 122 Å². The quantitative estimate of drug-likeness (QED) is 0.151. The highest BCUT2D eigenvalue weighted by molar-refractivity contribution is 5.92. The fourth-order valence-electron chi connectivity index (χ4n) is 11.2. The van der Waals surface area contributed by atoms with Crippen LogP contribution in [0, 0.1) is 11.3 Å². The van der Waals surface area contributed by atoms with E-state index >= 15 is 8.78 Å². The molecular weight excluding hydrogens is 867 g/mol. The van der Waals surface area contributed by atoms with Gasteiger partial charge in [-0.1, -0.05) is 60.7 Å². The SMILES string of the molecule is Cn1c(-c2ccc3c(c2)C(F)(F)c2cc(-c4ccc5nc(C6C7CCC(C7)N6C(=O)OC(C)(C)C)n(C(=O)OCc6ccccc6)c5c4)ccc2-3)cnc1[C@@H]1CC2(CC2)CN1C(=O)OC(C)(C)C. The number of carbonyl (C=O) groups excluding carboxylic acids is 3. The number of hydrogen-bond donors (Lipinski definition) is 0. The molecule has 2 aliphatic heterocycles. The maximum atomic E-state index is 16.9. The third kappa shape index (κ3) is 7.50. The lowest BCUT2D eigenvalue weighted by Crippen LogP contribution is -2.44. The van der Waals surface area contributed by atoms with E-state index in [1.54, 1.807) is 46.3 Å². The largest absolute Gasteiger partial charge is 0.444 e. The van der Waals surface area contributed by atoms with Gasteiger partial charge in [-0.05, 0) is 143 Å². The number of fused-ring (bicyclic) bond motifs is 6. The zero-order valence-corrected chi connectivity index (χ0v) is 39.5. The van der Waals surface area contributed by atoms with Crippen molar-refractivity contribution in [1.29, 1.82) is 0 Å². The van der Waals surface area contributed by atoms with Gasteiger partial charge in [0.2, 0.25) is 0 Å². The molecule has 0 N–H and O–H groups in total. The van der Waals surface area contributed by atoms with Gasteiger partial charge in [0.1, 0.15) is 29.5 Å². The highest BCUT2D eigenvalue weighted by Gasteiger charge is 2.56. The normalized spacial score (nSPS) is 21.9. The van der Waals surface area contributed by atoms with Crippen molar-refractivity contribution in [3.8, 4) is 33.5 Å². The van der Waals surface area contributed by atoms with Crippen LogP contribution in [0.25, 0.3) is 44.5 Å². The molecule has 2 saturated carbocycles. The molecule has 1 spiro atoms. The molecule has 2 saturated heterocycles. The van der Waals surface area contributed by atoms with Crippen LogP contribution in [0.2, 0.25) is 0 Å². The highest BCUT2D eigenvalue weighted by Crippen LogP contribution is 2.59. The minimum atomic E-state index is -3.33. The average molecular weight is 923 g/mol. The molecule has 4 atom stereocenters. The Hall–Kier alpha value is -6.57. The molecule has 4 heterocycles. The molecule has 68 heavy (non-hydrogen) atoms. The molecule has 11 rings (SSSR count). The predicted octanol–water partition coefficient (Wildman–Crippen LogP) is 12.3. The lowest BCUT2D eigenvalue weighted by Gasteiger charge is -2.36. The molecule has 14 heteroatoms. The van der Waals surface area contributed by atoms with E-state index < -0.39 is 35.4 Å². The first-order valence-electron chi connectivity index (χ1n) is 23.7. The molecule has 6 aromatic rings. The molecule has 3 aliphatic carbocycles. The summed E-state index contributed by atoms with van der Waals surface area (Å²) in [6, 6.07) is 24.2. The average Bonchev–Trinajstić information content (AvgIpc) is 3.87. The standard InChI is InChI=1S/C54H56F2N6O6/c1-51(2,3)67-48(63)60-30-53(21-22-53)27-43(60)46-57-28-44(59(46)7)34-15-19-38-37-18-14-32(24-39(37)54(55,56)40(38)25-34)33-16-20-41-42(26-33)62(49(64)66-29-31-11-9-8-10-12-31)47(58-41)45-35-13-17-36(23-35)61(45)50(65)68-52(4,5)6/h8-12,14-16,18-20,24-26,28,35-36,43,45H,13,17,21-23,27,29-30H2,1-7H3/t35?,36?,43-,45?/m0/s1. The van der Waals surface area contributed by atoms with Gasteiger partial charge in [0, 0.05) is 36.3 Å². The maximum absolute atomic E-state index is 16.9. The number of ether oxygens (including phenoxy) is 3. The Morgan fingerprint density at radius 2 is 1.41 bits per heavy atom. The first-order valence-corrected chi connectivity index (χ1v) is 23.7. The molecule has 352 valence electrons. The van der Waals surface area contributed by atoms with Gasteiger partial charge in [0.25, 0.3) is 5.92 Å². The number of likely N-dealkylation sites (tertiary alicyclic amines) is 2. The van der Waals surface area contributed by atoms with Crippen LogP contribution < -0.4 is 0 Å².